The van der Waals surface area contributed by atoms with Crippen LogP contribution in [-0.2, 0) is 0 Å². The average Bonchev–Trinajstić information content (AvgIpc) is 2.11. The van der Waals surface area contributed by atoms with E-state index in [9.17, 15) is 13.2 Å². The van der Waals surface area contributed by atoms with Gasteiger partial charge in [-0.15, -0.1) is 0 Å². The second kappa shape index (κ2) is 4.82. The lowest BCUT2D eigenvalue weighted by atomic mass is 10.2. The number of rotatable bonds is 3. The zero-order valence-electron chi connectivity index (χ0n) is 8.23. The number of aliphatic imine (C=N–C) groups is 1. The van der Waals surface area contributed by atoms with Crippen LogP contribution >= 0.6 is 0 Å². The number of halogens is 3. The van der Waals surface area contributed by atoms with Gasteiger partial charge in [0.15, 0.2) is 11.6 Å². The smallest absolute Gasteiger partial charge is 0.154 e. The van der Waals surface area contributed by atoms with E-state index in [-0.39, 0.29) is 5.84 Å². The first kappa shape index (κ1) is 11.6. The molecule has 0 fully saturated rings. The second-order valence-corrected chi connectivity index (χ2v) is 3.07. The van der Waals surface area contributed by atoms with Gasteiger partial charge in [-0.3, -0.25) is 0 Å². The van der Waals surface area contributed by atoms with Gasteiger partial charge in [-0.25, -0.2) is 18.2 Å². The Kier molecular flexibility index (Phi) is 3.71. The van der Waals surface area contributed by atoms with E-state index in [4.69, 9.17) is 5.73 Å². The minimum atomic E-state index is -1.05. The van der Waals surface area contributed by atoms with Gasteiger partial charge in [0.2, 0.25) is 0 Å². The van der Waals surface area contributed by atoms with Gasteiger partial charge in [0.1, 0.15) is 11.5 Å². The van der Waals surface area contributed by atoms with Crippen molar-refractivity contribution in [3.8, 4) is 0 Å². The van der Waals surface area contributed by atoms with Crippen molar-refractivity contribution in [2.45, 2.75) is 19.8 Å². The molecule has 0 saturated heterocycles. The highest BCUT2D eigenvalue weighted by Crippen LogP contribution is 2.23. The van der Waals surface area contributed by atoms with Gasteiger partial charge in [-0.2, -0.15) is 0 Å². The monoisotopic (exact) mass is 216 g/mol. The van der Waals surface area contributed by atoms with Crippen molar-refractivity contribution in [1.82, 2.24) is 0 Å². The summed E-state index contributed by atoms with van der Waals surface area (Å²) in [5.41, 5.74) is 4.88. The van der Waals surface area contributed by atoms with Crippen LogP contribution in [0.4, 0.5) is 18.9 Å². The quantitative estimate of drug-likeness (QED) is 0.612. The predicted molar refractivity (Wildman–Crippen MR) is 52.5 cm³/mol. The summed E-state index contributed by atoms with van der Waals surface area (Å²) in [5, 5.41) is 0. The van der Waals surface area contributed by atoms with Crippen LogP contribution < -0.4 is 5.73 Å². The van der Waals surface area contributed by atoms with Gasteiger partial charge in [-0.05, 0) is 6.42 Å². The van der Waals surface area contributed by atoms with Crippen LogP contribution in [0.15, 0.2) is 17.1 Å². The van der Waals surface area contributed by atoms with Gasteiger partial charge >= 0.3 is 0 Å². The molecule has 0 spiro atoms. The molecule has 0 aromatic heterocycles. The third-order valence-corrected chi connectivity index (χ3v) is 1.74. The van der Waals surface area contributed by atoms with Crippen molar-refractivity contribution in [3.63, 3.8) is 0 Å². The summed E-state index contributed by atoms with van der Waals surface area (Å²) in [6.45, 7) is 1.86. The molecule has 0 atom stereocenters. The van der Waals surface area contributed by atoms with Crippen molar-refractivity contribution >= 4 is 11.5 Å². The highest BCUT2D eigenvalue weighted by atomic mass is 19.1. The molecule has 0 unspecified atom stereocenters. The first-order chi connectivity index (χ1) is 7.04. The molecule has 0 radical (unpaired) electrons. The molecule has 0 heterocycles. The maximum absolute atomic E-state index is 13.1. The summed E-state index contributed by atoms with van der Waals surface area (Å²) >= 11 is 0. The van der Waals surface area contributed by atoms with Gasteiger partial charge in [0, 0.05) is 18.6 Å². The molecule has 15 heavy (non-hydrogen) atoms. The van der Waals surface area contributed by atoms with Crippen LogP contribution in [0, 0.1) is 17.5 Å². The Morgan fingerprint density at radius 3 is 2.27 bits per heavy atom. The summed E-state index contributed by atoms with van der Waals surface area (Å²) in [7, 11) is 0. The van der Waals surface area contributed by atoms with E-state index in [1.807, 2.05) is 6.92 Å². The van der Waals surface area contributed by atoms with Crippen molar-refractivity contribution in [3.05, 3.63) is 29.6 Å². The van der Waals surface area contributed by atoms with Crippen molar-refractivity contribution in [2.24, 2.45) is 10.7 Å². The minimum absolute atomic E-state index is 0.127. The van der Waals surface area contributed by atoms with E-state index in [0.29, 0.717) is 18.6 Å². The average molecular weight is 216 g/mol. The molecule has 1 rings (SSSR count). The zero-order valence-corrected chi connectivity index (χ0v) is 8.23. The maximum Gasteiger partial charge on any atom is 0.154 e. The number of hydrogen-bond donors (Lipinski definition) is 1. The molecule has 0 aliphatic rings. The fourth-order valence-electron chi connectivity index (χ4n) is 1.10. The molecule has 0 saturated carbocycles. The highest BCUT2D eigenvalue weighted by molar-refractivity contribution is 5.83. The molecular weight excluding hydrogens is 205 g/mol. The van der Waals surface area contributed by atoms with Crippen LogP contribution in [0.5, 0.6) is 0 Å². The predicted octanol–water partition coefficient (Wildman–Crippen LogP) is 2.89. The summed E-state index contributed by atoms with van der Waals surface area (Å²) in [4.78, 5) is 3.57. The lowest BCUT2D eigenvalue weighted by molar-refractivity contribution is 0.546. The van der Waals surface area contributed by atoms with E-state index in [0.717, 1.165) is 6.42 Å². The molecule has 0 aliphatic carbocycles. The Morgan fingerprint density at radius 1 is 1.27 bits per heavy atom. The van der Waals surface area contributed by atoms with Crippen molar-refractivity contribution < 1.29 is 13.2 Å². The minimum Gasteiger partial charge on any atom is -0.387 e. The van der Waals surface area contributed by atoms with Crippen LogP contribution in [0.25, 0.3) is 0 Å². The first-order valence-corrected chi connectivity index (χ1v) is 4.52. The lowest BCUT2D eigenvalue weighted by Gasteiger charge is -2.01. The third kappa shape index (κ3) is 2.97. The zero-order chi connectivity index (χ0) is 11.4. The van der Waals surface area contributed by atoms with E-state index in [1.54, 1.807) is 0 Å². The Morgan fingerprint density at radius 2 is 1.80 bits per heavy atom. The summed E-state index contributed by atoms with van der Waals surface area (Å²) in [5.74, 6) is -2.95. The molecule has 5 heteroatoms. The van der Waals surface area contributed by atoms with E-state index in [1.165, 1.54) is 0 Å². The molecule has 1 aromatic carbocycles. The van der Waals surface area contributed by atoms with Gasteiger partial charge in [-0.1, -0.05) is 6.92 Å². The molecule has 0 aliphatic heterocycles. The number of nitrogens with two attached hydrogens (primary N) is 1. The normalized spacial score (nSPS) is 11.9. The van der Waals surface area contributed by atoms with E-state index < -0.39 is 23.1 Å². The Labute approximate surface area is 85.6 Å². The molecule has 1 aromatic rings. The molecule has 2 nitrogen and oxygen atoms in total. The standard InChI is InChI=1S/C10H11F3N2/c1-2-3-9(14)15-10-7(12)4-6(11)5-8(10)13/h4-5H,2-3H2,1H3,(H2,14,15). The first-order valence-electron chi connectivity index (χ1n) is 4.52. The Hall–Kier alpha value is -1.52. The highest BCUT2D eigenvalue weighted by Gasteiger charge is 2.10. The number of nitrogens with zero attached hydrogens (tertiary/aromatic N) is 1. The number of hydrogen-bond acceptors (Lipinski definition) is 1. The fraction of sp³-hybridized carbons (Fsp3) is 0.300. The third-order valence-electron chi connectivity index (χ3n) is 1.74. The van der Waals surface area contributed by atoms with Crippen LogP contribution in [0.2, 0.25) is 0 Å². The van der Waals surface area contributed by atoms with Gasteiger partial charge in [0.25, 0.3) is 0 Å². The van der Waals surface area contributed by atoms with Crippen LogP contribution in [-0.4, -0.2) is 5.84 Å². The Bertz CT molecular complexity index is 365. The van der Waals surface area contributed by atoms with E-state index >= 15 is 0 Å². The van der Waals surface area contributed by atoms with Gasteiger partial charge in [0.05, 0.1) is 5.84 Å². The number of amidine groups is 1. The van der Waals surface area contributed by atoms with Crippen LogP contribution in [0.1, 0.15) is 19.8 Å². The Balaban J connectivity index is 3.09. The summed E-state index contributed by atoms with van der Waals surface area (Å²) < 4.78 is 38.7. The fourth-order valence-corrected chi connectivity index (χ4v) is 1.10. The lowest BCUT2D eigenvalue weighted by Crippen LogP contribution is -2.10. The largest absolute Gasteiger partial charge is 0.387 e. The summed E-state index contributed by atoms with van der Waals surface area (Å²) in [6, 6.07) is 1.14. The molecule has 2 N–H and O–H groups in total. The SMILES string of the molecule is CCCC(N)=Nc1c(F)cc(F)cc1F. The maximum atomic E-state index is 13.1. The molecule has 82 valence electrons. The van der Waals surface area contributed by atoms with Crippen molar-refractivity contribution in [2.75, 3.05) is 0 Å². The summed E-state index contributed by atoms with van der Waals surface area (Å²) in [6.07, 6.45) is 1.16. The second-order valence-electron chi connectivity index (χ2n) is 3.07. The topological polar surface area (TPSA) is 38.4 Å². The molecule has 0 bridgehead atoms. The van der Waals surface area contributed by atoms with E-state index in [2.05, 4.69) is 4.99 Å². The number of benzene rings is 1. The van der Waals surface area contributed by atoms with Crippen molar-refractivity contribution in [1.29, 1.82) is 0 Å². The van der Waals surface area contributed by atoms with Gasteiger partial charge < -0.3 is 5.73 Å². The van der Waals surface area contributed by atoms with Crippen LogP contribution in [0.3, 0.4) is 0 Å². The molecule has 0 amide bonds. The molecular formula is C10H11F3N2.